The second-order valence-electron chi connectivity index (χ2n) is 14.2. The van der Waals surface area contributed by atoms with E-state index in [1.165, 1.54) is 63.0 Å². The number of aliphatic hydroxyl groups is 1. The number of esters is 2. The van der Waals surface area contributed by atoms with Gasteiger partial charge in [-0.05, 0) is 97.0 Å². The first-order valence-corrected chi connectivity index (χ1v) is 19.5. The standard InChI is InChI=1S/C27H20ClFN2O6.C18H17ClFNO4/c1-37-20-9-14(12-32)2-4-16(20)11-31-26(35)21-22(27(31)36)25(34)23-17(24(21)33)7-15(10-30-23)6-13-3-5-19(29)18(28)8-13;1-10(2)25-18(23)16-13(17(22)24-3)7-12(9-21-16)6-11-4-5-15(20)14(19)8-11/h2-5,7-10,32,35-36H,6,11-12H2,1H3;4-5,7-10H,6H2,1-3H3. The highest BCUT2D eigenvalue weighted by Gasteiger charge is 2.40. The van der Waals surface area contributed by atoms with E-state index >= 15 is 0 Å². The van der Waals surface area contributed by atoms with Crippen molar-refractivity contribution >= 4 is 46.7 Å². The fraction of sp³-hybridized carbons (Fsp3) is 0.200. The number of aromatic nitrogens is 3. The molecular formula is C45H37Cl2F2N3O10. The van der Waals surface area contributed by atoms with Gasteiger partial charge in [0, 0.05) is 18.0 Å². The van der Waals surface area contributed by atoms with Crippen LogP contribution in [0.2, 0.25) is 10.0 Å². The highest BCUT2D eigenvalue weighted by atomic mass is 35.5. The van der Waals surface area contributed by atoms with Crippen LogP contribution in [0.3, 0.4) is 0 Å². The Labute approximate surface area is 363 Å². The Morgan fingerprint density at radius 3 is 1.85 bits per heavy atom. The molecule has 3 aromatic carbocycles. The van der Waals surface area contributed by atoms with E-state index in [4.69, 9.17) is 37.4 Å². The van der Waals surface area contributed by atoms with Gasteiger partial charge in [0.25, 0.3) is 0 Å². The van der Waals surface area contributed by atoms with Crippen LogP contribution in [0.25, 0.3) is 0 Å². The van der Waals surface area contributed by atoms with Gasteiger partial charge in [0.2, 0.25) is 23.3 Å². The van der Waals surface area contributed by atoms with Crippen LogP contribution in [0.1, 0.15) is 100 Å². The lowest BCUT2D eigenvalue weighted by molar-refractivity contribution is 0.0360. The molecule has 17 heteroatoms. The Morgan fingerprint density at radius 1 is 0.742 bits per heavy atom. The Bertz CT molecular complexity index is 2760. The monoisotopic (exact) mass is 887 g/mol. The molecule has 3 N–H and O–H groups in total. The van der Waals surface area contributed by atoms with E-state index in [2.05, 4.69) is 9.97 Å². The van der Waals surface area contributed by atoms with Crippen molar-refractivity contribution < 1.29 is 57.5 Å². The summed E-state index contributed by atoms with van der Waals surface area (Å²) in [6.45, 7) is 3.08. The summed E-state index contributed by atoms with van der Waals surface area (Å²) in [7, 11) is 2.65. The third-order valence-electron chi connectivity index (χ3n) is 9.60. The molecule has 0 aliphatic heterocycles. The molecule has 0 radical (unpaired) electrons. The van der Waals surface area contributed by atoms with Gasteiger partial charge in [-0.15, -0.1) is 0 Å². The van der Waals surface area contributed by atoms with E-state index < -0.39 is 46.9 Å². The molecule has 0 saturated heterocycles. The lowest BCUT2D eigenvalue weighted by atomic mass is 9.88. The van der Waals surface area contributed by atoms with Crippen molar-refractivity contribution in [2.24, 2.45) is 0 Å². The van der Waals surface area contributed by atoms with Crippen molar-refractivity contribution in [1.82, 2.24) is 14.5 Å². The third-order valence-corrected chi connectivity index (χ3v) is 10.2. The number of rotatable bonds is 11. The van der Waals surface area contributed by atoms with Crippen LogP contribution in [0.4, 0.5) is 8.78 Å². The number of aliphatic hydroxyl groups excluding tert-OH is 1. The number of hydrogen-bond donors (Lipinski definition) is 3. The average molecular weight is 889 g/mol. The Hall–Kier alpha value is -6.68. The van der Waals surface area contributed by atoms with Gasteiger partial charge in [0.1, 0.15) is 28.6 Å². The molecule has 7 rings (SSSR count). The minimum absolute atomic E-state index is 0.00998. The number of fused-ring (bicyclic) bond motifs is 2. The average Bonchev–Trinajstić information content (AvgIpc) is 3.50. The molecule has 6 aromatic rings. The number of benzene rings is 3. The summed E-state index contributed by atoms with van der Waals surface area (Å²) in [6.07, 6.45) is 3.17. The zero-order valence-electron chi connectivity index (χ0n) is 33.5. The van der Waals surface area contributed by atoms with Gasteiger partial charge in [-0.3, -0.25) is 19.1 Å². The van der Waals surface area contributed by atoms with Crippen molar-refractivity contribution in [2.75, 3.05) is 14.2 Å². The van der Waals surface area contributed by atoms with Gasteiger partial charge in [-0.2, -0.15) is 0 Å². The van der Waals surface area contributed by atoms with Crippen LogP contribution in [0, 0.1) is 11.6 Å². The van der Waals surface area contributed by atoms with Gasteiger partial charge in [0.05, 0.1) is 60.2 Å². The van der Waals surface area contributed by atoms with Gasteiger partial charge in [-0.1, -0.05) is 47.5 Å². The van der Waals surface area contributed by atoms with Crippen LogP contribution in [0.15, 0.2) is 79.1 Å². The highest BCUT2D eigenvalue weighted by Crippen LogP contribution is 2.41. The van der Waals surface area contributed by atoms with Crippen molar-refractivity contribution in [1.29, 1.82) is 0 Å². The molecule has 0 unspecified atom stereocenters. The minimum atomic E-state index is -0.702. The second kappa shape index (κ2) is 18.9. The number of hydrogen-bond acceptors (Lipinski definition) is 12. The van der Waals surface area contributed by atoms with Crippen LogP contribution in [-0.4, -0.2) is 73.7 Å². The number of carbonyl (C=O) groups excluding carboxylic acids is 4. The molecule has 0 atom stereocenters. The number of aromatic hydroxyl groups is 2. The van der Waals surface area contributed by atoms with E-state index in [9.17, 15) is 43.3 Å². The summed E-state index contributed by atoms with van der Waals surface area (Å²) in [4.78, 5) is 59.0. The molecule has 0 fully saturated rings. The Morgan fingerprint density at radius 2 is 1.31 bits per heavy atom. The molecule has 0 bridgehead atoms. The predicted molar refractivity (Wildman–Crippen MR) is 221 cm³/mol. The molecule has 0 amide bonds. The zero-order valence-corrected chi connectivity index (χ0v) is 35.0. The van der Waals surface area contributed by atoms with Crippen LogP contribution in [0.5, 0.6) is 17.5 Å². The Balaban J connectivity index is 0.000000224. The van der Waals surface area contributed by atoms with Gasteiger partial charge < -0.3 is 29.5 Å². The molecule has 13 nitrogen and oxygen atoms in total. The smallest absolute Gasteiger partial charge is 0.358 e. The highest BCUT2D eigenvalue weighted by molar-refractivity contribution is 6.31. The van der Waals surface area contributed by atoms with Crippen molar-refractivity contribution in [3.05, 3.63) is 168 Å². The number of pyridine rings is 2. The molecule has 320 valence electrons. The summed E-state index contributed by atoms with van der Waals surface area (Å²) in [5.74, 6) is -4.56. The van der Waals surface area contributed by atoms with Gasteiger partial charge in [0.15, 0.2) is 5.69 Å². The number of ether oxygens (including phenoxy) is 3. The second-order valence-corrected chi connectivity index (χ2v) is 15.0. The molecule has 0 spiro atoms. The minimum Gasteiger partial charge on any atom is -0.496 e. The van der Waals surface area contributed by atoms with E-state index in [1.807, 2.05) is 0 Å². The van der Waals surface area contributed by atoms with Gasteiger partial charge >= 0.3 is 11.9 Å². The fourth-order valence-electron chi connectivity index (χ4n) is 6.65. The first kappa shape index (κ1) is 44.9. The molecule has 3 heterocycles. The van der Waals surface area contributed by atoms with Gasteiger partial charge in [-0.25, -0.2) is 23.4 Å². The van der Waals surface area contributed by atoms with Crippen molar-refractivity contribution in [3.63, 3.8) is 0 Å². The van der Waals surface area contributed by atoms with Crippen LogP contribution >= 0.6 is 23.2 Å². The van der Waals surface area contributed by atoms with E-state index in [0.717, 1.165) is 10.1 Å². The van der Waals surface area contributed by atoms with E-state index in [1.54, 1.807) is 44.2 Å². The van der Waals surface area contributed by atoms with Crippen molar-refractivity contribution in [2.45, 2.75) is 45.9 Å². The summed E-state index contributed by atoms with van der Waals surface area (Å²) in [5.41, 5.74) is 2.87. The number of methoxy groups -OCH3 is 2. The molecule has 1 aliphatic rings. The lowest BCUT2D eigenvalue weighted by Gasteiger charge is -2.14. The summed E-state index contributed by atoms with van der Waals surface area (Å²) in [5, 5.41) is 31.1. The maximum absolute atomic E-state index is 13.5. The SMILES string of the molecule is COC(=O)c1cc(Cc2ccc(F)c(Cl)c2)cnc1C(=O)OC(C)C.COc1cc(CO)ccc1Cn1c(O)c2c(c1O)C(=O)c1ncc(Cc3ccc(F)c(Cl)c3)cc1C2=O. The normalized spacial score (nSPS) is 11.7. The fourth-order valence-corrected chi connectivity index (χ4v) is 7.05. The summed E-state index contributed by atoms with van der Waals surface area (Å²) in [6, 6.07) is 16.5. The molecule has 62 heavy (non-hydrogen) atoms. The van der Waals surface area contributed by atoms with E-state index in [-0.39, 0.29) is 69.4 Å². The Kier molecular flexibility index (Phi) is 13.7. The predicted octanol–water partition coefficient (Wildman–Crippen LogP) is 7.82. The number of ketones is 2. The molecule has 0 saturated carbocycles. The largest absolute Gasteiger partial charge is 0.496 e. The quantitative estimate of drug-likeness (QED) is 0.107. The zero-order chi connectivity index (χ0) is 45.0. The lowest BCUT2D eigenvalue weighted by Crippen LogP contribution is -2.21. The van der Waals surface area contributed by atoms with Crippen molar-refractivity contribution in [3.8, 4) is 17.5 Å². The maximum atomic E-state index is 13.5. The van der Waals surface area contributed by atoms with Crippen LogP contribution in [-0.2, 0) is 35.5 Å². The number of halogens is 4. The molecule has 1 aliphatic carbocycles. The summed E-state index contributed by atoms with van der Waals surface area (Å²) < 4.78 is 42.9. The number of nitrogens with zero attached hydrogens (tertiary/aromatic N) is 3. The molecule has 3 aromatic heterocycles. The van der Waals surface area contributed by atoms with Crippen LogP contribution < -0.4 is 4.74 Å². The third kappa shape index (κ3) is 9.44. The summed E-state index contributed by atoms with van der Waals surface area (Å²) >= 11 is 11.6. The topological polar surface area (TPSA) is 187 Å². The first-order valence-electron chi connectivity index (χ1n) is 18.7. The first-order chi connectivity index (χ1) is 29.5. The molecular weight excluding hydrogens is 851 g/mol. The number of carbonyl (C=O) groups is 4. The maximum Gasteiger partial charge on any atom is 0.358 e. The van der Waals surface area contributed by atoms with E-state index in [0.29, 0.717) is 40.0 Å².